The molecule has 0 N–H and O–H groups in total. The van der Waals surface area contributed by atoms with Crippen LogP contribution in [-0.2, 0) is 4.79 Å². The predicted molar refractivity (Wildman–Crippen MR) is 38.9 cm³/mol. The van der Waals surface area contributed by atoms with Crippen LogP contribution in [0.4, 0.5) is 0 Å². The van der Waals surface area contributed by atoms with Gasteiger partial charge in [-0.05, 0) is 27.7 Å². The fraction of sp³-hybridized carbons (Fsp3) is 0.714. The van der Waals surface area contributed by atoms with Gasteiger partial charge in [0.1, 0.15) is 6.04 Å². The van der Waals surface area contributed by atoms with E-state index >= 15 is 0 Å². The van der Waals surface area contributed by atoms with Crippen LogP contribution in [0.15, 0.2) is 4.99 Å². The molecule has 0 rings (SSSR count). The number of hydrogen-bond acceptors (Lipinski definition) is 2. The van der Waals surface area contributed by atoms with E-state index in [0.29, 0.717) is 0 Å². The Labute approximate surface area is 56.0 Å². The highest BCUT2D eigenvalue weighted by atomic mass is 16.1. The van der Waals surface area contributed by atoms with E-state index in [-0.39, 0.29) is 11.8 Å². The Hall–Kier alpha value is -0.660. The van der Waals surface area contributed by atoms with Crippen LogP contribution in [-0.4, -0.2) is 17.5 Å². The zero-order valence-corrected chi connectivity index (χ0v) is 6.43. The van der Waals surface area contributed by atoms with Crippen LogP contribution in [0.1, 0.15) is 27.7 Å². The van der Waals surface area contributed by atoms with Gasteiger partial charge in [0, 0.05) is 5.71 Å². The van der Waals surface area contributed by atoms with E-state index in [0.717, 1.165) is 5.71 Å². The van der Waals surface area contributed by atoms with Crippen molar-refractivity contribution in [2.45, 2.75) is 33.7 Å². The van der Waals surface area contributed by atoms with Crippen molar-refractivity contribution in [3.63, 3.8) is 0 Å². The number of aliphatic imine (C=N–C) groups is 1. The lowest BCUT2D eigenvalue weighted by Crippen LogP contribution is -2.10. The summed E-state index contributed by atoms with van der Waals surface area (Å²) in [5, 5.41) is 0. The quantitative estimate of drug-likeness (QED) is 0.516. The van der Waals surface area contributed by atoms with Gasteiger partial charge in [0.25, 0.3) is 0 Å². The number of carbonyl (C=O) groups excluding carboxylic acids is 1. The molecular formula is C7H13NO. The van der Waals surface area contributed by atoms with Crippen molar-refractivity contribution in [3.8, 4) is 0 Å². The molecule has 0 saturated carbocycles. The van der Waals surface area contributed by atoms with Gasteiger partial charge in [0.2, 0.25) is 0 Å². The maximum absolute atomic E-state index is 10.6. The van der Waals surface area contributed by atoms with Crippen LogP contribution in [0.3, 0.4) is 0 Å². The largest absolute Gasteiger partial charge is 0.298 e. The number of ketones is 1. The molecular weight excluding hydrogens is 114 g/mol. The lowest BCUT2D eigenvalue weighted by Gasteiger charge is -1.99. The monoisotopic (exact) mass is 127 g/mol. The average Bonchev–Trinajstić information content (AvgIpc) is 1.63. The van der Waals surface area contributed by atoms with Gasteiger partial charge in [-0.1, -0.05) is 0 Å². The molecule has 9 heavy (non-hydrogen) atoms. The van der Waals surface area contributed by atoms with Crippen molar-refractivity contribution < 1.29 is 4.79 Å². The molecule has 0 aromatic heterocycles. The summed E-state index contributed by atoms with van der Waals surface area (Å²) in [7, 11) is 0. The number of rotatable bonds is 2. The first-order chi connectivity index (χ1) is 4.04. The van der Waals surface area contributed by atoms with Crippen LogP contribution in [0, 0.1) is 0 Å². The SMILES string of the molecule is CC(=O)[C@@H](C)N=C(C)C. The van der Waals surface area contributed by atoms with Crippen molar-refractivity contribution in [2.24, 2.45) is 4.99 Å². The molecule has 2 nitrogen and oxygen atoms in total. The predicted octanol–water partition coefficient (Wildman–Crippen LogP) is 1.44. The van der Waals surface area contributed by atoms with Gasteiger partial charge in [-0.25, -0.2) is 0 Å². The summed E-state index contributed by atoms with van der Waals surface area (Å²) in [5.41, 5.74) is 0.956. The average molecular weight is 127 g/mol. The zero-order valence-electron chi connectivity index (χ0n) is 6.43. The lowest BCUT2D eigenvalue weighted by molar-refractivity contribution is -0.117. The highest BCUT2D eigenvalue weighted by Crippen LogP contribution is 1.91. The molecule has 0 bridgehead atoms. The van der Waals surface area contributed by atoms with Gasteiger partial charge in [-0.2, -0.15) is 0 Å². The Kier molecular flexibility index (Phi) is 3.13. The van der Waals surface area contributed by atoms with E-state index in [1.807, 2.05) is 13.8 Å². The summed E-state index contributed by atoms with van der Waals surface area (Å²) >= 11 is 0. The van der Waals surface area contributed by atoms with Crippen LogP contribution in [0.5, 0.6) is 0 Å². The van der Waals surface area contributed by atoms with Gasteiger partial charge < -0.3 is 0 Å². The molecule has 0 radical (unpaired) electrons. The maximum Gasteiger partial charge on any atom is 0.153 e. The minimum absolute atomic E-state index is 0.121. The van der Waals surface area contributed by atoms with Crippen molar-refractivity contribution >= 4 is 11.5 Å². The van der Waals surface area contributed by atoms with Gasteiger partial charge in [-0.3, -0.25) is 9.79 Å². The number of Topliss-reactive ketones (excluding diaryl/α,β-unsaturated/α-hetero) is 1. The summed E-state index contributed by atoms with van der Waals surface area (Å²) in [6.45, 7) is 7.13. The third-order valence-corrected chi connectivity index (χ3v) is 1.04. The van der Waals surface area contributed by atoms with Crippen molar-refractivity contribution in [2.75, 3.05) is 0 Å². The zero-order chi connectivity index (χ0) is 7.44. The molecule has 0 saturated heterocycles. The second kappa shape index (κ2) is 3.38. The van der Waals surface area contributed by atoms with Crippen LogP contribution >= 0.6 is 0 Å². The van der Waals surface area contributed by atoms with Gasteiger partial charge in [0.05, 0.1) is 0 Å². The van der Waals surface area contributed by atoms with Crippen LogP contribution < -0.4 is 0 Å². The molecule has 0 unspecified atom stereocenters. The van der Waals surface area contributed by atoms with Crippen molar-refractivity contribution in [1.29, 1.82) is 0 Å². The molecule has 0 heterocycles. The summed E-state index contributed by atoms with van der Waals surface area (Å²) in [5.74, 6) is 0.121. The Balaban J connectivity index is 3.91. The normalized spacial score (nSPS) is 12.4. The maximum atomic E-state index is 10.6. The van der Waals surface area contributed by atoms with E-state index < -0.39 is 0 Å². The fourth-order valence-electron chi connectivity index (χ4n) is 0.478. The Morgan fingerprint density at radius 3 is 1.89 bits per heavy atom. The molecule has 0 amide bonds. The van der Waals surface area contributed by atoms with Crippen molar-refractivity contribution in [1.82, 2.24) is 0 Å². The molecule has 0 aliphatic heterocycles. The minimum Gasteiger partial charge on any atom is -0.298 e. The number of carbonyl (C=O) groups is 1. The number of hydrogen-bond donors (Lipinski definition) is 0. The van der Waals surface area contributed by atoms with E-state index in [2.05, 4.69) is 4.99 Å². The molecule has 52 valence electrons. The van der Waals surface area contributed by atoms with Gasteiger partial charge in [-0.15, -0.1) is 0 Å². The van der Waals surface area contributed by atoms with E-state index in [1.165, 1.54) is 0 Å². The van der Waals surface area contributed by atoms with E-state index in [1.54, 1.807) is 13.8 Å². The van der Waals surface area contributed by atoms with E-state index in [4.69, 9.17) is 0 Å². The molecule has 0 spiro atoms. The molecule has 0 fully saturated rings. The van der Waals surface area contributed by atoms with Gasteiger partial charge >= 0.3 is 0 Å². The second-order valence-corrected chi connectivity index (χ2v) is 2.36. The van der Waals surface area contributed by atoms with Crippen molar-refractivity contribution in [3.05, 3.63) is 0 Å². The first-order valence-electron chi connectivity index (χ1n) is 3.05. The Bertz CT molecular complexity index is 134. The fourth-order valence-corrected chi connectivity index (χ4v) is 0.478. The smallest absolute Gasteiger partial charge is 0.153 e. The third kappa shape index (κ3) is 3.88. The summed E-state index contributed by atoms with van der Waals surface area (Å²) in [6.07, 6.45) is 0. The van der Waals surface area contributed by atoms with E-state index in [9.17, 15) is 4.79 Å². The first kappa shape index (κ1) is 8.34. The third-order valence-electron chi connectivity index (χ3n) is 1.04. The summed E-state index contributed by atoms with van der Waals surface area (Å²) in [4.78, 5) is 14.6. The van der Waals surface area contributed by atoms with Crippen LogP contribution in [0.25, 0.3) is 0 Å². The Morgan fingerprint density at radius 2 is 1.78 bits per heavy atom. The molecule has 0 aliphatic carbocycles. The first-order valence-corrected chi connectivity index (χ1v) is 3.05. The molecule has 0 aliphatic rings. The molecule has 1 atom stereocenters. The summed E-state index contributed by atoms with van der Waals surface area (Å²) < 4.78 is 0. The number of nitrogens with zero attached hydrogens (tertiary/aromatic N) is 1. The Morgan fingerprint density at radius 1 is 1.33 bits per heavy atom. The summed E-state index contributed by atoms with van der Waals surface area (Å²) in [6, 6.07) is -0.157. The molecule has 0 aromatic carbocycles. The topological polar surface area (TPSA) is 29.4 Å². The van der Waals surface area contributed by atoms with Crippen LogP contribution in [0.2, 0.25) is 0 Å². The highest BCUT2D eigenvalue weighted by Gasteiger charge is 2.02. The minimum atomic E-state index is -0.157. The standard InChI is InChI=1S/C7H13NO/c1-5(2)8-6(3)7(4)9/h6H,1-4H3/t6-/m1/s1. The molecule has 0 aromatic rings. The van der Waals surface area contributed by atoms with Gasteiger partial charge in [0.15, 0.2) is 5.78 Å². The second-order valence-electron chi connectivity index (χ2n) is 2.36. The highest BCUT2D eigenvalue weighted by molar-refractivity contribution is 5.86. The lowest BCUT2D eigenvalue weighted by atomic mass is 10.2. The molecule has 2 heteroatoms.